The first kappa shape index (κ1) is 19.2. The van der Waals surface area contributed by atoms with Gasteiger partial charge in [-0.1, -0.05) is 24.3 Å². The fourth-order valence-corrected chi connectivity index (χ4v) is 3.84. The quantitative estimate of drug-likeness (QED) is 0.647. The van der Waals surface area contributed by atoms with Crippen LogP contribution in [-0.4, -0.2) is 34.4 Å². The van der Waals surface area contributed by atoms with Gasteiger partial charge in [0.2, 0.25) is 5.89 Å². The van der Waals surface area contributed by atoms with Crippen LogP contribution in [0.5, 0.6) is 5.75 Å². The molecule has 3 heterocycles. The van der Waals surface area contributed by atoms with E-state index in [1.807, 2.05) is 48.2 Å². The minimum absolute atomic E-state index is 0.0668. The van der Waals surface area contributed by atoms with Gasteiger partial charge in [0.25, 0.3) is 5.91 Å². The minimum Gasteiger partial charge on any atom is -0.496 e. The van der Waals surface area contributed by atoms with Gasteiger partial charge in [0.15, 0.2) is 0 Å². The van der Waals surface area contributed by atoms with E-state index in [0.717, 1.165) is 42.0 Å². The molecule has 0 spiro atoms. The van der Waals surface area contributed by atoms with Crippen molar-refractivity contribution in [1.29, 1.82) is 0 Å². The lowest BCUT2D eigenvalue weighted by molar-refractivity contribution is 0.0563. The molecule has 1 atom stereocenters. The van der Waals surface area contributed by atoms with Crippen LogP contribution >= 0.6 is 0 Å². The Balaban J connectivity index is 1.55. The normalized spacial score (nSPS) is 16.6. The second-order valence-electron chi connectivity index (χ2n) is 7.33. The highest BCUT2D eigenvalue weighted by molar-refractivity contribution is 5.92. The molecule has 6 nitrogen and oxygen atoms in total. The molecule has 0 saturated carbocycles. The van der Waals surface area contributed by atoms with Crippen molar-refractivity contribution in [3.05, 3.63) is 77.3 Å². The maximum absolute atomic E-state index is 13.1. The van der Waals surface area contributed by atoms with Gasteiger partial charge in [-0.25, -0.2) is 9.97 Å². The van der Waals surface area contributed by atoms with E-state index in [4.69, 9.17) is 9.15 Å². The standard InChI is InChI=1S/C23H25N3O3/c1-16-8-7-10-19(25-16)23(27)26-13-6-5-11-20(26)22-24-15-18(29-22)14-17-9-3-4-12-21(17)28-2/h3-4,7-10,12,15,20H,5-6,11,13-14H2,1-2H3/t20-/m0/s1. The van der Waals surface area contributed by atoms with Gasteiger partial charge >= 0.3 is 0 Å². The van der Waals surface area contributed by atoms with Crippen molar-refractivity contribution in [3.63, 3.8) is 0 Å². The Morgan fingerprint density at radius 3 is 2.90 bits per heavy atom. The number of piperidine rings is 1. The Labute approximate surface area is 170 Å². The summed E-state index contributed by atoms with van der Waals surface area (Å²) in [4.78, 5) is 23.9. The smallest absolute Gasteiger partial charge is 0.273 e. The maximum atomic E-state index is 13.1. The molecule has 4 rings (SSSR count). The number of benzene rings is 1. The van der Waals surface area contributed by atoms with E-state index in [1.54, 1.807) is 19.4 Å². The molecule has 0 unspecified atom stereocenters. The first-order valence-electron chi connectivity index (χ1n) is 9.97. The lowest BCUT2D eigenvalue weighted by Gasteiger charge is -2.33. The number of likely N-dealkylation sites (tertiary alicyclic amines) is 1. The fourth-order valence-electron chi connectivity index (χ4n) is 3.84. The summed E-state index contributed by atoms with van der Waals surface area (Å²) in [5.41, 5.74) is 2.34. The van der Waals surface area contributed by atoms with Crippen LogP contribution in [0.15, 0.2) is 53.1 Å². The van der Waals surface area contributed by atoms with Crippen molar-refractivity contribution in [2.75, 3.05) is 13.7 Å². The van der Waals surface area contributed by atoms with Gasteiger partial charge < -0.3 is 14.1 Å². The number of para-hydroxylation sites is 1. The Hall–Kier alpha value is -3.15. The van der Waals surface area contributed by atoms with Crippen molar-refractivity contribution >= 4 is 5.91 Å². The number of hydrogen-bond donors (Lipinski definition) is 0. The van der Waals surface area contributed by atoms with E-state index in [-0.39, 0.29) is 11.9 Å². The zero-order chi connectivity index (χ0) is 20.2. The number of carbonyl (C=O) groups is 1. The summed E-state index contributed by atoms with van der Waals surface area (Å²) in [6.07, 6.45) is 5.20. The lowest BCUT2D eigenvalue weighted by Crippen LogP contribution is -2.39. The molecular formula is C23H25N3O3. The highest BCUT2D eigenvalue weighted by Gasteiger charge is 2.32. The molecule has 6 heteroatoms. The van der Waals surface area contributed by atoms with Crippen molar-refractivity contribution in [1.82, 2.24) is 14.9 Å². The fraction of sp³-hybridized carbons (Fsp3) is 0.348. The van der Waals surface area contributed by atoms with E-state index in [2.05, 4.69) is 9.97 Å². The predicted octanol–water partition coefficient (Wildman–Crippen LogP) is 4.34. The largest absolute Gasteiger partial charge is 0.496 e. The van der Waals surface area contributed by atoms with E-state index in [0.29, 0.717) is 24.6 Å². The van der Waals surface area contributed by atoms with E-state index in [9.17, 15) is 4.79 Å². The van der Waals surface area contributed by atoms with E-state index in [1.165, 1.54) is 0 Å². The molecule has 0 radical (unpaired) electrons. The van der Waals surface area contributed by atoms with Crippen LogP contribution in [0.2, 0.25) is 0 Å². The lowest BCUT2D eigenvalue weighted by atomic mass is 10.0. The molecule has 150 valence electrons. The van der Waals surface area contributed by atoms with Gasteiger partial charge in [0.1, 0.15) is 23.2 Å². The van der Waals surface area contributed by atoms with Gasteiger partial charge in [0.05, 0.1) is 13.3 Å². The van der Waals surface area contributed by atoms with Crippen LogP contribution in [0.4, 0.5) is 0 Å². The number of aromatic nitrogens is 2. The molecule has 0 bridgehead atoms. The molecule has 2 aromatic heterocycles. The molecule has 0 N–H and O–H groups in total. The highest BCUT2D eigenvalue weighted by atomic mass is 16.5. The van der Waals surface area contributed by atoms with Gasteiger partial charge in [-0.05, 0) is 44.4 Å². The Bertz CT molecular complexity index is 998. The van der Waals surface area contributed by atoms with Crippen LogP contribution in [0.1, 0.15) is 58.7 Å². The number of nitrogens with zero attached hydrogens (tertiary/aromatic N) is 3. The summed E-state index contributed by atoms with van der Waals surface area (Å²) in [5, 5.41) is 0. The summed E-state index contributed by atoms with van der Waals surface area (Å²) in [5.74, 6) is 2.11. The highest BCUT2D eigenvalue weighted by Crippen LogP contribution is 2.32. The van der Waals surface area contributed by atoms with Gasteiger partial charge in [0, 0.05) is 24.2 Å². The number of oxazole rings is 1. The second-order valence-corrected chi connectivity index (χ2v) is 7.33. The molecule has 1 aromatic carbocycles. The van der Waals surface area contributed by atoms with E-state index < -0.39 is 0 Å². The number of amides is 1. The van der Waals surface area contributed by atoms with Crippen LogP contribution in [0, 0.1) is 6.92 Å². The van der Waals surface area contributed by atoms with Crippen LogP contribution in [0.3, 0.4) is 0 Å². The van der Waals surface area contributed by atoms with Crippen molar-refractivity contribution < 1.29 is 13.9 Å². The van der Waals surface area contributed by atoms with Crippen LogP contribution in [-0.2, 0) is 6.42 Å². The molecule has 1 aliphatic rings. The predicted molar refractivity (Wildman–Crippen MR) is 109 cm³/mol. The van der Waals surface area contributed by atoms with Gasteiger partial charge in [-0.2, -0.15) is 0 Å². The zero-order valence-electron chi connectivity index (χ0n) is 16.8. The third kappa shape index (κ3) is 4.16. The monoisotopic (exact) mass is 391 g/mol. The summed E-state index contributed by atoms with van der Waals surface area (Å²) in [6.45, 7) is 2.58. The SMILES string of the molecule is COc1ccccc1Cc1cnc([C@@H]2CCCCN2C(=O)c2cccc(C)n2)o1. The molecule has 1 amide bonds. The average molecular weight is 391 g/mol. The number of carbonyl (C=O) groups excluding carboxylic acids is 1. The molecule has 3 aromatic rings. The molecule has 1 aliphatic heterocycles. The molecule has 1 saturated heterocycles. The molecule has 0 aliphatic carbocycles. The van der Waals surface area contributed by atoms with Gasteiger partial charge in [-0.3, -0.25) is 4.79 Å². The minimum atomic E-state index is -0.162. The average Bonchev–Trinajstić information content (AvgIpc) is 3.22. The Morgan fingerprint density at radius 2 is 2.07 bits per heavy atom. The first-order chi connectivity index (χ1) is 14.2. The summed E-state index contributed by atoms with van der Waals surface area (Å²) >= 11 is 0. The van der Waals surface area contributed by atoms with Crippen molar-refractivity contribution in [2.24, 2.45) is 0 Å². The number of ether oxygens (including phenoxy) is 1. The topological polar surface area (TPSA) is 68.5 Å². The Morgan fingerprint density at radius 1 is 1.21 bits per heavy atom. The van der Waals surface area contributed by atoms with Crippen molar-refractivity contribution in [2.45, 2.75) is 38.6 Å². The summed E-state index contributed by atoms with van der Waals surface area (Å²) in [6, 6.07) is 13.2. The molecule has 29 heavy (non-hydrogen) atoms. The Kier molecular flexibility index (Phi) is 5.60. The van der Waals surface area contributed by atoms with Crippen LogP contribution in [0.25, 0.3) is 0 Å². The number of methoxy groups -OCH3 is 1. The number of rotatable bonds is 5. The summed E-state index contributed by atoms with van der Waals surface area (Å²) < 4.78 is 11.5. The maximum Gasteiger partial charge on any atom is 0.273 e. The zero-order valence-corrected chi connectivity index (χ0v) is 16.8. The third-order valence-electron chi connectivity index (χ3n) is 5.28. The summed E-state index contributed by atoms with van der Waals surface area (Å²) in [7, 11) is 1.66. The molecule has 1 fully saturated rings. The number of hydrogen-bond acceptors (Lipinski definition) is 5. The third-order valence-corrected chi connectivity index (χ3v) is 5.28. The van der Waals surface area contributed by atoms with Crippen LogP contribution < -0.4 is 4.74 Å². The number of aryl methyl sites for hydroxylation is 1. The number of pyridine rings is 1. The second kappa shape index (κ2) is 8.47. The van der Waals surface area contributed by atoms with Gasteiger partial charge in [-0.15, -0.1) is 0 Å². The molecular weight excluding hydrogens is 366 g/mol. The first-order valence-corrected chi connectivity index (χ1v) is 9.97. The van der Waals surface area contributed by atoms with Crippen molar-refractivity contribution in [3.8, 4) is 5.75 Å². The van der Waals surface area contributed by atoms with E-state index >= 15 is 0 Å².